The van der Waals surface area contributed by atoms with Gasteiger partial charge in [-0.05, 0) is 29.8 Å². The Bertz CT molecular complexity index is 719. The van der Waals surface area contributed by atoms with E-state index in [1.165, 1.54) is 35.9 Å². The second-order valence-corrected chi connectivity index (χ2v) is 6.13. The van der Waals surface area contributed by atoms with Gasteiger partial charge >= 0.3 is 0 Å². The van der Waals surface area contributed by atoms with E-state index in [4.69, 9.17) is 5.26 Å². The number of pyridine rings is 1. The molecule has 0 amide bonds. The summed E-state index contributed by atoms with van der Waals surface area (Å²) in [6.45, 7) is 0. The zero-order valence-electron chi connectivity index (χ0n) is 10.9. The number of sulfonamides is 1. The van der Waals surface area contributed by atoms with Gasteiger partial charge < -0.3 is 0 Å². The number of nitrogens with zero attached hydrogens (tertiary/aromatic N) is 3. The van der Waals surface area contributed by atoms with Crippen LogP contribution >= 0.6 is 0 Å². The van der Waals surface area contributed by atoms with E-state index >= 15 is 0 Å². The zero-order chi connectivity index (χ0) is 14.6. The molecule has 5 nitrogen and oxygen atoms in total. The molecular formula is C14H13N3O2S. The molecule has 102 valence electrons. The van der Waals surface area contributed by atoms with Gasteiger partial charge in [0.2, 0.25) is 0 Å². The molecule has 2 rings (SSSR count). The van der Waals surface area contributed by atoms with E-state index in [9.17, 15) is 8.42 Å². The van der Waals surface area contributed by atoms with Crippen molar-refractivity contribution in [3.05, 3.63) is 54.4 Å². The minimum atomic E-state index is -3.60. The van der Waals surface area contributed by atoms with Crippen molar-refractivity contribution < 1.29 is 8.42 Å². The van der Waals surface area contributed by atoms with E-state index < -0.39 is 10.0 Å². The summed E-state index contributed by atoms with van der Waals surface area (Å²) in [5.74, 6) is 0. The lowest BCUT2D eigenvalue weighted by Gasteiger charge is -2.19. The van der Waals surface area contributed by atoms with Gasteiger partial charge in [0.1, 0.15) is 0 Å². The molecule has 0 unspecified atom stereocenters. The lowest BCUT2D eigenvalue weighted by molar-refractivity contribution is 0.594. The minimum Gasteiger partial charge on any atom is -0.269 e. The average molecular weight is 287 g/mol. The number of nitriles is 1. The van der Waals surface area contributed by atoms with E-state index in [-0.39, 0.29) is 11.3 Å². The zero-order valence-corrected chi connectivity index (χ0v) is 11.7. The van der Waals surface area contributed by atoms with Gasteiger partial charge in [0.15, 0.2) is 0 Å². The molecule has 0 fully saturated rings. The summed E-state index contributed by atoms with van der Waals surface area (Å²) < 4.78 is 26.1. The van der Waals surface area contributed by atoms with Crippen LogP contribution in [0.3, 0.4) is 0 Å². The number of rotatable bonds is 4. The number of hydrogen-bond donors (Lipinski definition) is 0. The van der Waals surface area contributed by atoms with Gasteiger partial charge in [-0.2, -0.15) is 5.26 Å². The molecule has 6 heteroatoms. The standard InChI is InChI=1S/C14H13N3O2S/c1-17(13-7-10-16-11-8-13)20(18,19)14-4-2-12(3-5-14)6-9-15/h2-5,7-8,10-11H,6H2,1H3. The van der Waals surface area contributed by atoms with Crippen molar-refractivity contribution >= 4 is 15.7 Å². The molecule has 1 aromatic carbocycles. The summed E-state index contributed by atoms with van der Waals surface area (Å²) in [6, 6.07) is 11.6. The highest BCUT2D eigenvalue weighted by atomic mass is 32.2. The van der Waals surface area contributed by atoms with E-state index in [2.05, 4.69) is 4.98 Å². The molecule has 0 saturated heterocycles. The van der Waals surface area contributed by atoms with E-state index in [0.717, 1.165) is 5.56 Å². The van der Waals surface area contributed by atoms with Crippen LogP contribution in [0.4, 0.5) is 5.69 Å². The monoisotopic (exact) mass is 287 g/mol. The molecule has 0 bridgehead atoms. The predicted octanol–water partition coefficient (Wildman–Crippen LogP) is 1.97. The van der Waals surface area contributed by atoms with E-state index in [1.807, 2.05) is 6.07 Å². The van der Waals surface area contributed by atoms with Crippen LogP contribution < -0.4 is 4.31 Å². The van der Waals surface area contributed by atoms with Crippen LogP contribution in [0.25, 0.3) is 0 Å². The highest BCUT2D eigenvalue weighted by molar-refractivity contribution is 7.92. The van der Waals surface area contributed by atoms with Crippen LogP contribution in [0.5, 0.6) is 0 Å². The van der Waals surface area contributed by atoms with Crippen molar-refractivity contribution in [3.63, 3.8) is 0 Å². The van der Waals surface area contributed by atoms with E-state index in [1.54, 1.807) is 24.3 Å². The molecule has 0 atom stereocenters. The predicted molar refractivity (Wildman–Crippen MR) is 75.6 cm³/mol. The molecule has 0 aliphatic heterocycles. The summed E-state index contributed by atoms with van der Waals surface area (Å²) >= 11 is 0. The molecule has 0 saturated carbocycles. The van der Waals surface area contributed by atoms with Crippen molar-refractivity contribution in [3.8, 4) is 6.07 Å². The van der Waals surface area contributed by atoms with Gasteiger partial charge in [-0.1, -0.05) is 12.1 Å². The molecule has 0 aliphatic carbocycles. The summed E-state index contributed by atoms with van der Waals surface area (Å²) in [5.41, 5.74) is 1.33. The first-order chi connectivity index (χ1) is 9.55. The lowest BCUT2D eigenvalue weighted by atomic mass is 10.2. The summed E-state index contributed by atoms with van der Waals surface area (Å²) in [6.07, 6.45) is 3.34. The Labute approximate surface area is 118 Å². The molecule has 0 N–H and O–H groups in total. The maximum Gasteiger partial charge on any atom is 0.264 e. The Balaban J connectivity index is 2.33. The largest absolute Gasteiger partial charge is 0.269 e. The molecule has 0 radical (unpaired) electrons. The third kappa shape index (κ3) is 2.78. The van der Waals surface area contributed by atoms with Crippen LogP contribution in [0.2, 0.25) is 0 Å². The van der Waals surface area contributed by atoms with Crippen molar-refractivity contribution in [2.45, 2.75) is 11.3 Å². The quantitative estimate of drug-likeness (QED) is 0.861. The van der Waals surface area contributed by atoms with Gasteiger partial charge in [-0.15, -0.1) is 0 Å². The number of benzene rings is 1. The molecule has 0 aliphatic rings. The highest BCUT2D eigenvalue weighted by Gasteiger charge is 2.20. The van der Waals surface area contributed by atoms with Crippen LogP contribution in [0.15, 0.2) is 53.7 Å². The molecule has 0 spiro atoms. The van der Waals surface area contributed by atoms with Crippen LogP contribution in [-0.2, 0) is 16.4 Å². The fourth-order valence-electron chi connectivity index (χ4n) is 1.72. The molecule has 1 aromatic heterocycles. The van der Waals surface area contributed by atoms with Crippen molar-refractivity contribution in [1.82, 2.24) is 4.98 Å². The Kier molecular flexibility index (Phi) is 4.01. The summed E-state index contributed by atoms with van der Waals surface area (Å²) in [5, 5.41) is 8.60. The molecule has 20 heavy (non-hydrogen) atoms. The third-order valence-corrected chi connectivity index (χ3v) is 4.69. The van der Waals surface area contributed by atoms with Crippen LogP contribution in [-0.4, -0.2) is 20.4 Å². The topological polar surface area (TPSA) is 74.1 Å². The number of anilines is 1. The highest BCUT2D eigenvalue weighted by Crippen LogP contribution is 2.21. The second kappa shape index (κ2) is 5.72. The van der Waals surface area contributed by atoms with Crippen molar-refractivity contribution in [1.29, 1.82) is 5.26 Å². The maximum atomic E-state index is 12.4. The first-order valence-electron chi connectivity index (χ1n) is 5.90. The Morgan fingerprint density at radius 1 is 1.15 bits per heavy atom. The SMILES string of the molecule is CN(c1ccncc1)S(=O)(=O)c1ccc(CC#N)cc1. The number of hydrogen-bond acceptors (Lipinski definition) is 4. The van der Waals surface area contributed by atoms with Crippen LogP contribution in [0.1, 0.15) is 5.56 Å². The lowest BCUT2D eigenvalue weighted by Crippen LogP contribution is -2.26. The van der Waals surface area contributed by atoms with Gasteiger partial charge in [0, 0.05) is 19.4 Å². The first-order valence-corrected chi connectivity index (χ1v) is 7.34. The van der Waals surface area contributed by atoms with Crippen molar-refractivity contribution in [2.75, 3.05) is 11.4 Å². The van der Waals surface area contributed by atoms with Gasteiger partial charge in [-0.25, -0.2) is 8.42 Å². The Hall–Kier alpha value is -2.39. The molecule has 1 heterocycles. The number of aromatic nitrogens is 1. The van der Waals surface area contributed by atoms with E-state index in [0.29, 0.717) is 5.69 Å². The fraction of sp³-hybridized carbons (Fsp3) is 0.143. The second-order valence-electron chi connectivity index (χ2n) is 4.16. The van der Waals surface area contributed by atoms with Gasteiger partial charge in [0.25, 0.3) is 10.0 Å². The van der Waals surface area contributed by atoms with Crippen LogP contribution in [0, 0.1) is 11.3 Å². The average Bonchev–Trinajstić information content (AvgIpc) is 2.48. The summed E-state index contributed by atoms with van der Waals surface area (Å²) in [7, 11) is -2.11. The smallest absolute Gasteiger partial charge is 0.264 e. The van der Waals surface area contributed by atoms with Gasteiger partial charge in [-0.3, -0.25) is 9.29 Å². The fourth-order valence-corrected chi connectivity index (χ4v) is 2.92. The van der Waals surface area contributed by atoms with Gasteiger partial charge in [0.05, 0.1) is 23.1 Å². The maximum absolute atomic E-state index is 12.4. The summed E-state index contributed by atoms with van der Waals surface area (Å²) in [4.78, 5) is 4.06. The molecule has 2 aromatic rings. The Morgan fingerprint density at radius 2 is 1.75 bits per heavy atom. The van der Waals surface area contributed by atoms with Crippen molar-refractivity contribution in [2.24, 2.45) is 0 Å². The Morgan fingerprint density at radius 3 is 2.30 bits per heavy atom. The molecular weight excluding hydrogens is 274 g/mol. The normalized spacial score (nSPS) is 10.8. The third-order valence-electron chi connectivity index (χ3n) is 2.89. The first kappa shape index (κ1) is 14.0. The minimum absolute atomic E-state index is 0.193.